The lowest BCUT2D eigenvalue weighted by molar-refractivity contribution is 0.0605. The van der Waals surface area contributed by atoms with E-state index in [0.717, 1.165) is 5.13 Å². The van der Waals surface area contributed by atoms with Crippen LogP contribution in [-0.2, 0) is 9.47 Å². The molecule has 6 heteroatoms. The first-order chi connectivity index (χ1) is 8.49. The van der Waals surface area contributed by atoms with Gasteiger partial charge in [0.2, 0.25) is 0 Å². The molecule has 0 aromatic carbocycles. The molecule has 0 aliphatic rings. The lowest BCUT2D eigenvalue weighted by Gasteiger charge is -2.20. The normalized spacial score (nSPS) is 12.6. The van der Waals surface area contributed by atoms with Crippen molar-refractivity contribution in [2.75, 3.05) is 26.1 Å². The van der Waals surface area contributed by atoms with E-state index in [4.69, 9.17) is 9.47 Å². The molecule has 0 radical (unpaired) electrons. The Morgan fingerprint density at radius 2 is 2.11 bits per heavy atom. The molecule has 18 heavy (non-hydrogen) atoms. The largest absolute Gasteiger partial charge is 0.465 e. The first-order valence-electron chi connectivity index (χ1n) is 5.80. The number of hydrogen-bond acceptors (Lipinski definition) is 6. The SMILES string of the molecule is COCC(Nc1nc(C)c(C(=O)OC)s1)C(C)C. The quantitative estimate of drug-likeness (QED) is 0.805. The lowest BCUT2D eigenvalue weighted by atomic mass is 10.1. The summed E-state index contributed by atoms with van der Waals surface area (Å²) in [6, 6.07) is 0.172. The molecular formula is C12H20N2O3S. The van der Waals surface area contributed by atoms with Gasteiger partial charge in [0, 0.05) is 7.11 Å². The Hall–Kier alpha value is -1.14. The number of nitrogens with one attached hydrogen (secondary N) is 1. The predicted molar refractivity (Wildman–Crippen MR) is 72.3 cm³/mol. The van der Waals surface area contributed by atoms with Crippen molar-refractivity contribution in [3.8, 4) is 0 Å². The summed E-state index contributed by atoms with van der Waals surface area (Å²) >= 11 is 1.31. The summed E-state index contributed by atoms with van der Waals surface area (Å²) < 4.78 is 9.88. The number of carbonyl (C=O) groups is 1. The number of nitrogens with zero attached hydrogens (tertiary/aromatic N) is 1. The van der Waals surface area contributed by atoms with E-state index in [-0.39, 0.29) is 12.0 Å². The van der Waals surface area contributed by atoms with E-state index in [9.17, 15) is 4.79 Å². The summed E-state index contributed by atoms with van der Waals surface area (Å²) in [7, 11) is 3.04. The molecule has 1 atom stereocenters. The Labute approximate surface area is 112 Å². The van der Waals surface area contributed by atoms with Crippen LogP contribution in [0.2, 0.25) is 0 Å². The van der Waals surface area contributed by atoms with Gasteiger partial charge in [0.1, 0.15) is 4.88 Å². The van der Waals surface area contributed by atoms with Crippen LogP contribution < -0.4 is 5.32 Å². The molecule has 1 N–H and O–H groups in total. The highest BCUT2D eigenvalue weighted by Crippen LogP contribution is 2.24. The Morgan fingerprint density at radius 3 is 2.61 bits per heavy atom. The fourth-order valence-corrected chi connectivity index (χ4v) is 2.43. The van der Waals surface area contributed by atoms with Crippen molar-refractivity contribution in [2.24, 2.45) is 5.92 Å². The zero-order valence-electron chi connectivity index (χ0n) is 11.4. The zero-order valence-corrected chi connectivity index (χ0v) is 12.3. The minimum atomic E-state index is -0.342. The van der Waals surface area contributed by atoms with E-state index >= 15 is 0 Å². The molecule has 1 unspecified atom stereocenters. The van der Waals surface area contributed by atoms with Gasteiger partial charge >= 0.3 is 5.97 Å². The Kier molecular flexibility index (Phi) is 5.55. The van der Waals surface area contributed by atoms with Crippen molar-refractivity contribution in [1.82, 2.24) is 4.98 Å². The molecule has 1 rings (SSSR count). The van der Waals surface area contributed by atoms with Crippen LogP contribution in [0.4, 0.5) is 5.13 Å². The molecule has 1 aromatic rings. The second-order valence-electron chi connectivity index (χ2n) is 4.38. The molecule has 1 heterocycles. The molecule has 0 spiro atoms. The van der Waals surface area contributed by atoms with Gasteiger partial charge in [-0.15, -0.1) is 0 Å². The molecule has 5 nitrogen and oxygen atoms in total. The summed E-state index contributed by atoms with van der Waals surface area (Å²) in [6.45, 7) is 6.62. The number of ether oxygens (including phenoxy) is 2. The van der Waals surface area contributed by atoms with Crippen molar-refractivity contribution in [2.45, 2.75) is 26.8 Å². The summed E-state index contributed by atoms with van der Waals surface area (Å²) in [4.78, 5) is 16.4. The van der Waals surface area contributed by atoms with Crippen molar-refractivity contribution in [3.63, 3.8) is 0 Å². The third-order valence-electron chi connectivity index (χ3n) is 2.63. The Morgan fingerprint density at radius 1 is 1.44 bits per heavy atom. The van der Waals surface area contributed by atoms with Gasteiger partial charge in [0.15, 0.2) is 5.13 Å². The van der Waals surface area contributed by atoms with E-state index < -0.39 is 0 Å². The van der Waals surface area contributed by atoms with Gasteiger partial charge in [0.05, 0.1) is 25.5 Å². The van der Waals surface area contributed by atoms with Crippen molar-refractivity contribution < 1.29 is 14.3 Å². The van der Waals surface area contributed by atoms with Gasteiger partial charge in [-0.2, -0.15) is 0 Å². The number of rotatable bonds is 6. The zero-order chi connectivity index (χ0) is 13.7. The number of hydrogen-bond donors (Lipinski definition) is 1. The van der Waals surface area contributed by atoms with Crippen molar-refractivity contribution in [1.29, 1.82) is 0 Å². The highest BCUT2D eigenvalue weighted by atomic mass is 32.1. The van der Waals surface area contributed by atoms with Crippen LogP contribution in [0.15, 0.2) is 0 Å². The molecule has 0 fully saturated rings. The smallest absolute Gasteiger partial charge is 0.350 e. The highest BCUT2D eigenvalue weighted by molar-refractivity contribution is 7.17. The summed E-state index contributed by atoms with van der Waals surface area (Å²) in [5, 5.41) is 4.02. The molecule has 0 aliphatic heterocycles. The number of anilines is 1. The second kappa shape index (κ2) is 6.70. The fraction of sp³-hybridized carbons (Fsp3) is 0.667. The van der Waals surface area contributed by atoms with Crippen molar-refractivity contribution >= 4 is 22.4 Å². The van der Waals surface area contributed by atoms with E-state index in [1.165, 1.54) is 18.4 Å². The average molecular weight is 272 g/mol. The van der Waals surface area contributed by atoms with E-state index in [0.29, 0.717) is 23.1 Å². The van der Waals surface area contributed by atoms with Crippen LogP contribution >= 0.6 is 11.3 Å². The molecule has 0 saturated heterocycles. The molecule has 0 amide bonds. The molecule has 0 bridgehead atoms. The maximum absolute atomic E-state index is 11.5. The molecular weight excluding hydrogens is 252 g/mol. The van der Waals surface area contributed by atoms with Gasteiger partial charge in [0.25, 0.3) is 0 Å². The second-order valence-corrected chi connectivity index (χ2v) is 5.37. The van der Waals surface area contributed by atoms with Gasteiger partial charge in [-0.3, -0.25) is 0 Å². The number of aryl methyl sites for hydroxylation is 1. The van der Waals surface area contributed by atoms with Crippen LogP contribution in [-0.4, -0.2) is 37.8 Å². The Balaban J connectivity index is 2.81. The molecule has 0 saturated carbocycles. The highest BCUT2D eigenvalue weighted by Gasteiger charge is 2.19. The standard InChI is InChI=1S/C12H20N2O3S/c1-7(2)9(6-16-4)14-12-13-8(3)10(18-12)11(15)17-5/h7,9H,6H2,1-5H3,(H,13,14). The maximum atomic E-state index is 11.5. The van der Waals surface area contributed by atoms with Gasteiger partial charge in [-0.05, 0) is 12.8 Å². The first-order valence-corrected chi connectivity index (χ1v) is 6.62. The Bertz CT molecular complexity index is 404. The van der Waals surface area contributed by atoms with Gasteiger partial charge in [-0.25, -0.2) is 9.78 Å². The number of methoxy groups -OCH3 is 2. The third kappa shape index (κ3) is 3.68. The number of aromatic nitrogens is 1. The van der Waals surface area contributed by atoms with Crippen LogP contribution in [0.25, 0.3) is 0 Å². The number of carbonyl (C=O) groups excluding carboxylic acids is 1. The minimum Gasteiger partial charge on any atom is -0.465 e. The van der Waals surface area contributed by atoms with Crippen LogP contribution in [0.5, 0.6) is 0 Å². The third-order valence-corrected chi connectivity index (χ3v) is 3.70. The number of thiazole rings is 1. The topological polar surface area (TPSA) is 60.5 Å². The van der Waals surface area contributed by atoms with E-state index in [1.54, 1.807) is 14.0 Å². The monoisotopic (exact) mass is 272 g/mol. The van der Waals surface area contributed by atoms with Crippen LogP contribution in [0.3, 0.4) is 0 Å². The van der Waals surface area contributed by atoms with Crippen molar-refractivity contribution in [3.05, 3.63) is 10.6 Å². The average Bonchev–Trinajstić information content (AvgIpc) is 2.68. The van der Waals surface area contributed by atoms with Gasteiger partial charge < -0.3 is 14.8 Å². The van der Waals surface area contributed by atoms with Gasteiger partial charge in [-0.1, -0.05) is 25.2 Å². The summed E-state index contributed by atoms with van der Waals surface area (Å²) in [6.07, 6.45) is 0. The van der Waals surface area contributed by atoms with Crippen LogP contribution in [0.1, 0.15) is 29.2 Å². The predicted octanol–water partition coefficient (Wildman–Crippen LogP) is 2.32. The molecule has 1 aromatic heterocycles. The van der Waals surface area contributed by atoms with Crippen LogP contribution in [0, 0.1) is 12.8 Å². The minimum absolute atomic E-state index is 0.172. The summed E-state index contributed by atoms with van der Waals surface area (Å²) in [5.41, 5.74) is 0.689. The molecule has 102 valence electrons. The maximum Gasteiger partial charge on any atom is 0.350 e. The fourth-order valence-electron chi connectivity index (χ4n) is 1.48. The molecule has 0 aliphatic carbocycles. The number of esters is 1. The van der Waals surface area contributed by atoms with E-state index in [2.05, 4.69) is 24.1 Å². The summed E-state index contributed by atoms with van der Waals surface area (Å²) in [5.74, 6) is 0.0709. The first kappa shape index (κ1) is 14.9. The lowest BCUT2D eigenvalue weighted by Crippen LogP contribution is -2.30. The van der Waals surface area contributed by atoms with E-state index in [1.807, 2.05) is 0 Å².